The fourth-order valence-electron chi connectivity index (χ4n) is 5.72. The third kappa shape index (κ3) is 8.80. The third-order valence-corrected chi connectivity index (χ3v) is 8.47. The molecule has 2 aliphatic heterocycles. The van der Waals surface area contributed by atoms with Crippen molar-refractivity contribution in [2.24, 2.45) is 11.8 Å². The maximum Gasteiger partial charge on any atom is 0.289 e. The summed E-state index contributed by atoms with van der Waals surface area (Å²) in [4.78, 5) is 66.5. The molecule has 3 aliphatic rings. The molecule has 4 N–H and O–H groups in total. The van der Waals surface area contributed by atoms with Crippen molar-refractivity contribution >= 4 is 41.0 Å². The van der Waals surface area contributed by atoms with E-state index < -0.39 is 47.4 Å². The largest absolute Gasteiger partial charge is 0.368 e. The van der Waals surface area contributed by atoms with Gasteiger partial charge in [-0.15, -0.1) is 0 Å². The lowest BCUT2D eigenvalue weighted by Crippen LogP contribution is -2.56. The average Bonchev–Trinajstić information content (AvgIpc) is 3.07. The van der Waals surface area contributed by atoms with Crippen molar-refractivity contribution in [2.45, 2.75) is 50.4 Å². The molecule has 4 amide bonds. The number of rotatable bonds is 12. The van der Waals surface area contributed by atoms with Gasteiger partial charge in [0.15, 0.2) is 0 Å². The molecule has 1 aliphatic carbocycles. The van der Waals surface area contributed by atoms with Gasteiger partial charge in [0.05, 0.1) is 18.6 Å². The fourth-order valence-corrected chi connectivity index (χ4v) is 5.92. The fraction of sp³-hybridized carbons (Fsp3) is 0.343. The van der Waals surface area contributed by atoms with Gasteiger partial charge < -0.3 is 26.0 Å². The van der Waals surface area contributed by atoms with Gasteiger partial charge in [-0.2, -0.15) is 0 Å². The number of hydrogen-bond acceptors (Lipinski definition) is 6. The number of carbonyl (C=O) groups is 5. The second-order valence-corrected chi connectivity index (χ2v) is 12.1. The van der Waals surface area contributed by atoms with Crippen LogP contribution in [-0.4, -0.2) is 60.8 Å². The molecule has 0 aromatic heterocycles. The number of fused-ring (bicyclic) bond motifs is 1. The van der Waals surface area contributed by atoms with E-state index in [0.29, 0.717) is 24.4 Å². The minimum Gasteiger partial charge on any atom is -0.368 e. The summed E-state index contributed by atoms with van der Waals surface area (Å²) in [5.74, 6) is -4.29. The maximum absolute atomic E-state index is 13.9. The number of halogens is 1. The second kappa shape index (κ2) is 15.6. The molecule has 2 aromatic rings. The number of amides is 4. The Labute approximate surface area is 272 Å². The summed E-state index contributed by atoms with van der Waals surface area (Å²) in [6.45, 7) is 0.761. The number of benzene rings is 2. The van der Waals surface area contributed by atoms with Crippen molar-refractivity contribution in [3.8, 4) is 0 Å². The summed E-state index contributed by atoms with van der Waals surface area (Å²) in [5, 5.41) is 11.5. The Morgan fingerprint density at radius 1 is 0.957 bits per heavy atom. The zero-order valence-electron chi connectivity index (χ0n) is 25.2. The zero-order valence-corrected chi connectivity index (χ0v) is 26.0. The lowest BCUT2D eigenvalue weighted by Gasteiger charge is -2.29. The van der Waals surface area contributed by atoms with Gasteiger partial charge in [-0.1, -0.05) is 78.3 Å². The van der Waals surface area contributed by atoms with Crippen LogP contribution < -0.4 is 21.3 Å². The van der Waals surface area contributed by atoms with Gasteiger partial charge in [-0.05, 0) is 54.2 Å². The molecule has 2 heterocycles. The smallest absolute Gasteiger partial charge is 0.289 e. The van der Waals surface area contributed by atoms with Crippen molar-refractivity contribution < 1.29 is 28.7 Å². The van der Waals surface area contributed by atoms with Gasteiger partial charge in [0, 0.05) is 30.5 Å². The van der Waals surface area contributed by atoms with Crippen molar-refractivity contribution in [3.05, 3.63) is 107 Å². The molecule has 1 fully saturated rings. The van der Waals surface area contributed by atoms with E-state index >= 15 is 0 Å². The number of ketones is 1. The van der Waals surface area contributed by atoms with Crippen LogP contribution in [0.25, 0.3) is 0 Å². The number of ether oxygens (including phenoxy) is 1. The summed E-state index contributed by atoms with van der Waals surface area (Å²) in [6.07, 6.45) is 8.08. The number of nitrogens with one attached hydrogen (secondary N) is 4. The molecule has 0 saturated carbocycles. The first-order chi connectivity index (χ1) is 22.3. The Balaban J connectivity index is 1.33. The number of hydrogen-bond donors (Lipinski definition) is 4. The van der Waals surface area contributed by atoms with Gasteiger partial charge in [-0.25, -0.2) is 0 Å². The van der Waals surface area contributed by atoms with E-state index in [1.807, 2.05) is 66.7 Å². The van der Waals surface area contributed by atoms with E-state index in [4.69, 9.17) is 16.3 Å². The van der Waals surface area contributed by atoms with E-state index in [9.17, 15) is 24.0 Å². The van der Waals surface area contributed by atoms with Gasteiger partial charge >= 0.3 is 0 Å². The standard InChI is InChI=1S/C35H37ClN4O6/c36-27-13-14-30-25(18-27)17-26(21-46-30)33(43)40-29(16-22-8-3-1-4-9-22)34(44)39-28(19-24-12-7-15-37-32(24)42)31(41)35(45)38-20-23-10-5-2-6-11-23/h1-6,8-11,13-14,17-18,24,26,28-30H,7,12,15-16,19-21H2,(H,37,42)(H,38,45)(H,39,44)(H,40,43)/t24-,26?,28?,29-,30?/m0/s1. The number of carbonyl (C=O) groups excluding carboxylic acids is 5. The normalized spacial score (nSPS) is 21.8. The van der Waals surface area contributed by atoms with Crippen molar-refractivity contribution in [2.75, 3.05) is 13.2 Å². The Kier molecular flexibility index (Phi) is 11.2. The molecule has 240 valence electrons. The first-order valence-corrected chi connectivity index (χ1v) is 15.8. The van der Waals surface area contributed by atoms with Crippen LogP contribution >= 0.6 is 11.6 Å². The zero-order chi connectivity index (χ0) is 32.5. The molecule has 5 rings (SSSR count). The van der Waals surface area contributed by atoms with Crippen molar-refractivity contribution in [3.63, 3.8) is 0 Å². The Morgan fingerprint density at radius 2 is 1.67 bits per heavy atom. The van der Waals surface area contributed by atoms with Gasteiger partial charge in [0.1, 0.15) is 12.1 Å². The highest BCUT2D eigenvalue weighted by Gasteiger charge is 2.36. The maximum atomic E-state index is 13.9. The molecule has 46 heavy (non-hydrogen) atoms. The lowest BCUT2D eigenvalue weighted by atomic mass is 9.89. The van der Waals surface area contributed by atoms with Crippen LogP contribution in [0.4, 0.5) is 0 Å². The molecule has 5 atom stereocenters. The quantitative estimate of drug-likeness (QED) is 0.262. The van der Waals surface area contributed by atoms with Crippen LogP contribution in [0.1, 0.15) is 30.4 Å². The molecule has 1 saturated heterocycles. The third-order valence-electron chi connectivity index (χ3n) is 8.24. The summed E-state index contributed by atoms with van der Waals surface area (Å²) < 4.78 is 5.85. The monoisotopic (exact) mass is 644 g/mol. The van der Waals surface area contributed by atoms with Crippen molar-refractivity contribution in [1.29, 1.82) is 0 Å². The number of allylic oxidation sites excluding steroid dienone is 2. The van der Waals surface area contributed by atoms with Crippen LogP contribution in [0.3, 0.4) is 0 Å². The molecule has 11 heteroatoms. The second-order valence-electron chi connectivity index (χ2n) is 11.6. The van der Waals surface area contributed by atoms with Crippen LogP contribution in [-0.2, 0) is 41.7 Å². The molecule has 2 aromatic carbocycles. The summed E-state index contributed by atoms with van der Waals surface area (Å²) >= 11 is 6.15. The number of Topliss-reactive ketones (excluding diaryl/α,β-unsaturated/α-hetero) is 1. The molecule has 0 radical (unpaired) electrons. The lowest BCUT2D eigenvalue weighted by molar-refractivity contribution is -0.141. The first kappa shape index (κ1) is 32.8. The molecule has 3 unspecified atom stereocenters. The Bertz CT molecular complexity index is 1540. The van der Waals surface area contributed by atoms with Gasteiger partial charge in [-0.3, -0.25) is 24.0 Å². The summed E-state index contributed by atoms with van der Waals surface area (Å²) in [6, 6.07) is 15.9. The molecule has 0 spiro atoms. The highest BCUT2D eigenvalue weighted by molar-refractivity contribution is 6.38. The molecular weight excluding hydrogens is 608 g/mol. The van der Waals surface area contributed by atoms with Gasteiger partial charge in [0.2, 0.25) is 23.5 Å². The highest BCUT2D eigenvalue weighted by atomic mass is 35.5. The minimum atomic E-state index is -1.28. The Morgan fingerprint density at radius 3 is 2.39 bits per heavy atom. The highest BCUT2D eigenvalue weighted by Crippen LogP contribution is 2.27. The summed E-state index contributed by atoms with van der Waals surface area (Å²) in [7, 11) is 0. The van der Waals surface area contributed by atoms with Crippen LogP contribution in [0, 0.1) is 11.8 Å². The van der Waals surface area contributed by atoms with Crippen LogP contribution in [0.5, 0.6) is 0 Å². The van der Waals surface area contributed by atoms with E-state index in [0.717, 1.165) is 16.7 Å². The van der Waals surface area contributed by atoms with E-state index in [2.05, 4.69) is 21.3 Å². The van der Waals surface area contributed by atoms with E-state index in [1.165, 1.54) is 0 Å². The van der Waals surface area contributed by atoms with Crippen LogP contribution in [0.2, 0.25) is 0 Å². The van der Waals surface area contributed by atoms with Crippen molar-refractivity contribution in [1.82, 2.24) is 21.3 Å². The average molecular weight is 645 g/mol. The van der Waals surface area contributed by atoms with E-state index in [-0.39, 0.29) is 38.0 Å². The predicted molar refractivity (Wildman–Crippen MR) is 172 cm³/mol. The molecule has 0 bridgehead atoms. The minimum absolute atomic E-state index is 0.0499. The summed E-state index contributed by atoms with van der Waals surface area (Å²) in [5.41, 5.74) is 2.33. The predicted octanol–water partition coefficient (Wildman–Crippen LogP) is 2.63. The van der Waals surface area contributed by atoms with Gasteiger partial charge in [0.25, 0.3) is 5.91 Å². The number of piperidine rings is 1. The molecular formula is C35H37ClN4O6. The first-order valence-electron chi connectivity index (χ1n) is 15.4. The Hall–Kier alpha value is -4.54. The topological polar surface area (TPSA) is 143 Å². The van der Waals surface area contributed by atoms with E-state index in [1.54, 1.807) is 18.2 Å². The van der Waals surface area contributed by atoms with Crippen LogP contribution in [0.15, 0.2) is 95.6 Å². The SMILES string of the molecule is O=C(NCc1ccccc1)C(=O)C(C[C@@H]1CCCNC1=O)NC(=O)[C@H](Cc1ccccc1)NC(=O)C1C=C2C=C(Cl)C=CC2OC1. The molecule has 10 nitrogen and oxygen atoms in total.